The summed E-state index contributed by atoms with van der Waals surface area (Å²) in [6, 6.07) is 15.2. The number of hydrogen-bond acceptors (Lipinski definition) is 3. The van der Waals surface area contributed by atoms with Gasteiger partial charge in [-0.15, -0.1) is 0 Å². The van der Waals surface area contributed by atoms with Crippen molar-refractivity contribution in [3.63, 3.8) is 0 Å². The van der Waals surface area contributed by atoms with Crippen molar-refractivity contribution >= 4 is 17.8 Å². The van der Waals surface area contributed by atoms with E-state index in [1.54, 1.807) is 60.7 Å². The van der Waals surface area contributed by atoms with Gasteiger partial charge >= 0.3 is 6.03 Å². The molecule has 0 unspecified atom stereocenters. The predicted molar refractivity (Wildman–Crippen MR) is 94.0 cm³/mol. The lowest BCUT2D eigenvalue weighted by Gasteiger charge is -2.34. The maximum atomic E-state index is 14.5. The number of urea groups is 1. The van der Waals surface area contributed by atoms with E-state index in [0.717, 1.165) is 0 Å². The second-order valence-corrected chi connectivity index (χ2v) is 6.22. The molecule has 5 nitrogen and oxygen atoms in total. The van der Waals surface area contributed by atoms with Crippen molar-refractivity contribution in [1.82, 2.24) is 9.80 Å². The van der Waals surface area contributed by atoms with Gasteiger partial charge in [-0.1, -0.05) is 60.7 Å². The average Bonchev–Trinajstić information content (AvgIpc) is 2.69. The van der Waals surface area contributed by atoms with Crippen molar-refractivity contribution in [2.45, 2.75) is 18.8 Å². The fourth-order valence-electron chi connectivity index (χ4n) is 2.89. The van der Waals surface area contributed by atoms with Crippen LogP contribution in [0.2, 0.25) is 0 Å². The molecule has 1 fully saturated rings. The number of hydrogen-bond donors (Lipinski definition) is 0. The van der Waals surface area contributed by atoms with E-state index in [1.165, 1.54) is 0 Å². The third-order valence-electron chi connectivity index (χ3n) is 4.37. The first-order valence-corrected chi connectivity index (χ1v) is 8.50. The predicted octanol–water partition coefficient (Wildman–Crippen LogP) is 3.59. The summed E-state index contributed by atoms with van der Waals surface area (Å²) in [5, 5.41) is 0. The SMILES string of the molecule is O=C1CC(=O)N(C[C@@H](F)c2ccccc2)C(=O)N1C[C@@H](F)c1ccccc1. The number of benzene rings is 2. The zero-order valence-corrected chi connectivity index (χ0v) is 14.4. The van der Waals surface area contributed by atoms with Crippen LogP contribution >= 0.6 is 0 Å². The molecule has 0 spiro atoms. The lowest BCUT2D eigenvalue weighted by Crippen LogP contribution is -2.56. The second kappa shape index (κ2) is 8.07. The van der Waals surface area contributed by atoms with Crippen LogP contribution in [0.5, 0.6) is 0 Å². The van der Waals surface area contributed by atoms with Gasteiger partial charge in [-0.3, -0.25) is 19.4 Å². The maximum absolute atomic E-state index is 14.5. The minimum atomic E-state index is -1.59. The molecule has 0 aliphatic carbocycles. The van der Waals surface area contributed by atoms with Gasteiger partial charge in [-0.2, -0.15) is 0 Å². The summed E-state index contributed by atoms with van der Waals surface area (Å²) in [5.74, 6) is -1.56. The zero-order chi connectivity index (χ0) is 19.4. The molecule has 2 aromatic rings. The molecule has 1 heterocycles. The van der Waals surface area contributed by atoms with E-state index in [1.807, 2.05) is 0 Å². The van der Waals surface area contributed by atoms with Crippen LogP contribution in [0.25, 0.3) is 0 Å². The Hall–Kier alpha value is -3.09. The van der Waals surface area contributed by atoms with Crippen LogP contribution in [0.15, 0.2) is 60.7 Å². The third kappa shape index (κ3) is 4.19. The van der Waals surface area contributed by atoms with E-state index in [-0.39, 0.29) is 0 Å². The number of nitrogens with zero attached hydrogens (tertiary/aromatic N) is 2. The van der Waals surface area contributed by atoms with Crippen LogP contribution in [0.4, 0.5) is 13.6 Å². The molecule has 1 aliphatic rings. The van der Waals surface area contributed by atoms with Crippen molar-refractivity contribution in [2.24, 2.45) is 0 Å². The molecular weight excluding hydrogens is 354 g/mol. The highest BCUT2D eigenvalue weighted by Crippen LogP contribution is 2.25. The van der Waals surface area contributed by atoms with Crippen LogP contribution < -0.4 is 0 Å². The molecule has 0 radical (unpaired) electrons. The topological polar surface area (TPSA) is 57.7 Å². The quantitative estimate of drug-likeness (QED) is 0.728. The average molecular weight is 372 g/mol. The smallest absolute Gasteiger partial charge is 0.274 e. The maximum Gasteiger partial charge on any atom is 0.333 e. The van der Waals surface area contributed by atoms with Crippen molar-refractivity contribution in [1.29, 1.82) is 0 Å². The van der Waals surface area contributed by atoms with Crippen molar-refractivity contribution in [3.8, 4) is 0 Å². The van der Waals surface area contributed by atoms with Gasteiger partial charge in [0.05, 0.1) is 13.1 Å². The number of amides is 4. The molecule has 1 aliphatic heterocycles. The Kier molecular flexibility index (Phi) is 5.59. The number of halogens is 2. The van der Waals surface area contributed by atoms with E-state index in [2.05, 4.69) is 0 Å². The van der Waals surface area contributed by atoms with Gasteiger partial charge in [0.15, 0.2) is 0 Å². The molecule has 0 saturated carbocycles. The van der Waals surface area contributed by atoms with Crippen molar-refractivity contribution in [2.75, 3.05) is 13.1 Å². The Morgan fingerprint density at radius 3 is 1.44 bits per heavy atom. The summed E-state index contributed by atoms with van der Waals surface area (Å²) < 4.78 is 29.0. The fraction of sp³-hybridized carbons (Fsp3) is 0.250. The van der Waals surface area contributed by atoms with Gasteiger partial charge in [0, 0.05) is 0 Å². The van der Waals surface area contributed by atoms with Gasteiger partial charge in [-0.25, -0.2) is 13.6 Å². The summed E-state index contributed by atoms with van der Waals surface area (Å²) in [4.78, 5) is 38.1. The summed E-state index contributed by atoms with van der Waals surface area (Å²) in [7, 11) is 0. The molecule has 4 amide bonds. The first-order valence-electron chi connectivity index (χ1n) is 8.50. The highest BCUT2D eigenvalue weighted by atomic mass is 19.1. The molecule has 7 heteroatoms. The highest BCUT2D eigenvalue weighted by molar-refractivity contribution is 6.14. The molecule has 0 bridgehead atoms. The highest BCUT2D eigenvalue weighted by Gasteiger charge is 2.40. The van der Waals surface area contributed by atoms with E-state index < -0.39 is 49.7 Å². The van der Waals surface area contributed by atoms with Gasteiger partial charge in [0.1, 0.15) is 18.8 Å². The van der Waals surface area contributed by atoms with Crippen LogP contribution in [0.1, 0.15) is 29.9 Å². The monoisotopic (exact) mass is 372 g/mol. The summed E-state index contributed by atoms with van der Waals surface area (Å²) in [6.45, 7) is -1.04. The standard InChI is InChI=1S/C20H18F2N2O3/c21-16(14-7-3-1-4-8-14)12-23-18(25)11-19(26)24(20(23)27)13-17(22)15-9-5-2-6-10-15/h1-10,16-17H,11-13H2/t16-,17-/m1/s1. The van der Waals surface area contributed by atoms with Crippen molar-refractivity contribution in [3.05, 3.63) is 71.8 Å². The van der Waals surface area contributed by atoms with Crippen LogP contribution in [-0.4, -0.2) is 40.7 Å². The molecular formula is C20H18F2N2O3. The first kappa shape index (κ1) is 18.7. The number of imide groups is 2. The molecule has 2 atom stereocenters. The largest absolute Gasteiger partial charge is 0.333 e. The number of carbonyl (C=O) groups excluding carboxylic acids is 3. The van der Waals surface area contributed by atoms with Crippen molar-refractivity contribution < 1.29 is 23.2 Å². The summed E-state index contributed by atoms with van der Waals surface area (Å²) in [6.07, 6.45) is -3.77. The molecule has 1 saturated heterocycles. The Morgan fingerprint density at radius 2 is 1.07 bits per heavy atom. The van der Waals surface area contributed by atoms with E-state index >= 15 is 0 Å². The molecule has 0 aromatic heterocycles. The molecule has 27 heavy (non-hydrogen) atoms. The van der Waals surface area contributed by atoms with E-state index in [0.29, 0.717) is 20.9 Å². The molecule has 2 aromatic carbocycles. The third-order valence-corrected chi connectivity index (χ3v) is 4.37. The number of carbonyl (C=O) groups is 3. The number of alkyl halides is 2. The van der Waals surface area contributed by atoms with Gasteiger partial charge < -0.3 is 0 Å². The lowest BCUT2D eigenvalue weighted by atomic mass is 10.1. The Labute approximate surface area is 155 Å². The second-order valence-electron chi connectivity index (χ2n) is 6.22. The Bertz CT molecular complexity index is 762. The number of barbiturate groups is 1. The molecule has 140 valence electrons. The normalized spacial score (nSPS) is 17.2. The molecule has 3 rings (SSSR count). The first-order chi connectivity index (χ1) is 13.0. The summed E-state index contributed by atoms with van der Waals surface area (Å²) in [5.41, 5.74) is 0.628. The minimum absolute atomic E-state index is 0.314. The number of rotatable bonds is 6. The van der Waals surface area contributed by atoms with Crippen LogP contribution in [0, 0.1) is 0 Å². The summed E-state index contributed by atoms with van der Waals surface area (Å²) >= 11 is 0. The van der Waals surface area contributed by atoms with E-state index in [9.17, 15) is 23.2 Å². The minimum Gasteiger partial charge on any atom is -0.274 e. The molecule has 0 N–H and O–H groups in total. The zero-order valence-electron chi connectivity index (χ0n) is 14.4. The Morgan fingerprint density at radius 1 is 0.704 bits per heavy atom. The van der Waals surface area contributed by atoms with Gasteiger partial charge in [-0.05, 0) is 11.1 Å². The van der Waals surface area contributed by atoms with Crippen LogP contribution in [-0.2, 0) is 9.59 Å². The van der Waals surface area contributed by atoms with Gasteiger partial charge in [0.25, 0.3) is 0 Å². The van der Waals surface area contributed by atoms with Crippen LogP contribution in [0.3, 0.4) is 0 Å². The fourth-order valence-corrected chi connectivity index (χ4v) is 2.89. The lowest BCUT2D eigenvalue weighted by molar-refractivity contribution is -0.143. The van der Waals surface area contributed by atoms with E-state index in [4.69, 9.17) is 0 Å². The van der Waals surface area contributed by atoms with Gasteiger partial charge in [0.2, 0.25) is 11.8 Å². The Balaban J connectivity index is 1.73.